The first-order valence-electron chi connectivity index (χ1n) is 13.0. The zero-order chi connectivity index (χ0) is 26.8. The SMILES string of the molecule is O=C(OCC(=O)N1CCN(C(=O)c2ccco2)CC1)c1c2c(nc3ccccc13)/C(=C/c1ccco1)CCC2. The quantitative estimate of drug-likeness (QED) is 0.355. The summed E-state index contributed by atoms with van der Waals surface area (Å²) in [5.41, 5.74) is 3.76. The van der Waals surface area contributed by atoms with E-state index in [2.05, 4.69) is 0 Å². The van der Waals surface area contributed by atoms with Crippen molar-refractivity contribution in [2.45, 2.75) is 19.3 Å². The number of esters is 1. The zero-order valence-electron chi connectivity index (χ0n) is 21.3. The third kappa shape index (κ3) is 4.95. The Balaban J connectivity index is 1.18. The fourth-order valence-corrected chi connectivity index (χ4v) is 5.26. The molecule has 9 heteroatoms. The van der Waals surface area contributed by atoms with E-state index in [0.29, 0.717) is 49.1 Å². The molecular formula is C30H27N3O6. The summed E-state index contributed by atoms with van der Waals surface area (Å²) in [7, 11) is 0. The Morgan fingerprint density at radius 2 is 1.67 bits per heavy atom. The highest BCUT2D eigenvalue weighted by atomic mass is 16.5. The van der Waals surface area contributed by atoms with Gasteiger partial charge in [0.2, 0.25) is 0 Å². The van der Waals surface area contributed by atoms with Crippen LogP contribution in [0, 0.1) is 0 Å². The molecule has 6 rings (SSSR count). The fraction of sp³-hybridized carbons (Fsp3) is 0.267. The number of aromatic nitrogens is 1. The molecule has 4 heterocycles. The van der Waals surface area contributed by atoms with Gasteiger partial charge in [-0.15, -0.1) is 0 Å². The van der Waals surface area contributed by atoms with E-state index in [0.717, 1.165) is 35.4 Å². The number of hydrogen-bond donors (Lipinski definition) is 0. The number of piperazine rings is 1. The summed E-state index contributed by atoms with van der Waals surface area (Å²) >= 11 is 0. The van der Waals surface area contributed by atoms with Crippen molar-refractivity contribution in [3.8, 4) is 0 Å². The van der Waals surface area contributed by atoms with Gasteiger partial charge in [0.1, 0.15) is 5.76 Å². The Morgan fingerprint density at radius 3 is 2.44 bits per heavy atom. The van der Waals surface area contributed by atoms with Crippen molar-refractivity contribution in [1.29, 1.82) is 0 Å². The van der Waals surface area contributed by atoms with E-state index in [9.17, 15) is 14.4 Å². The minimum Gasteiger partial charge on any atom is -0.465 e. The predicted molar refractivity (Wildman–Crippen MR) is 143 cm³/mol. The molecule has 0 radical (unpaired) electrons. The average molecular weight is 526 g/mol. The van der Waals surface area contributed by atoms with Gasteiger partial charge in [0.15, 0.2) is 12.4 Å². The lowest BCUT2D eigenvalue weighted by Gasteiger charge is -2.34. The van der Waals surface area contributed by atoms with Crippen molar-refractivity contribution in [3.05, 3.63) is 89.4 Å². The van der Waals surface area contributed by atoms with Gasteiger partial charge in [-0.2, -0.15) is 0 Å². The number of ether oxygens (including phenoxy) is 1. The van der Waals surface area contributed by atoms with E-state index < -0.39 is 5.97 Å². The normalized spacial score (nSPS) is 16.4. The maximum absolute atomic E-state index is 13.5. The molecule has 0 spiro atoms. The average Bonchev–Trinajstić information content (AvgIpc) is 3.70. The molecule has 39 heavy (non-hydrogen) atoms. The molecule has 0 bridgehead atoms. The number of nitrogens with zero attached hydrogens (tertiary/aromatic N) is 3. The molecule has 9 nitrogen and oxygen atoms in total. The third-order valence-electron chi connectivity index (χ3n) is 7.21. The number of amides is 2. The lowest BCUT2D eigenvalue weighted by molar-refractivity contribution is -0.136. The molecule has 0 N–H and O–H groups in total. The van der Waals surface area contributed by atoms with Gasteiger partial charge in [0.05, 0.1) is 29.3 Å². The van der Waals surface area contributed by atoms with Crippen LogP contribution in [0.5, 0.6) is 0 Å². The Hall–Kier alpha value is -4.66. The number of allylic oxidation sites excluding steroid dienone is 1. The van der Waals surface area contributed by atoms with E-state index in [1.54, 1.807) is 28.2 Å². The molecule has 0 unspecified atom stereocenters. The molecule has 1 saturated heterocycles. The first-order chi connectivity index (χ1) is 19.1. The van der Waals surface area contributed by atoms with Crippen LogP contribution in [-0.2, 0) is 16.0 Å². The number of carbonyl (C=O) groups excluding carboxylic acids is 3. The summed E-state index contributed by atoms with van der Waals surface area (Å²) in [4.78, 5) is 47.1. The molecule has 1 aromatic carbocycles. The molecule has 1 aliphatic carbocycles. The Bertz CT molecular complexity index is 1550. The fourth-order valence-electron chi connectivity index (χ4n) is 5.26. The topological polar surface area (TPSA) is 106 Å². The van der Waals surface area contributed by atoms with Gasteiger partial charge >= 0.3 is 5.97 Å². The molecule has 4 aromatic rings. The number of carbonyl (C=O) groups is 3. The molecule has 1 fully saturated rings. The standard InChI is InChI=1S/C30H27N3O6/c34-26(32-12-14-33(15-13-32)29(35)25-11-5-17-38-25)19-39-30(36)27-22-8-1-2-10-24(22)31-28-20(6-3-9-23(27)28)18-21-7-4-16-37-21/h1-2,4-5,7-8,10-11,16-18H,3,6,9,12-15,19H2/b20-18+. The van der Waals surface area contributed by atoms with Crippen LogP contribution >= 0.6 is 0 Å². The van der Waals surface area contributed by atoms with E-state index in [-0.39, 0.29) is 24.2 Å². The second kappa shape index (κ2) is 10.6. The predicted octanol–water partition coefficient (Wildman–Crippen LogP) is 4.44. The minimum atomic E-state index is -0.538. The molecule has 2 aliphatic rings. The van der Waals surface area contributed by atoms with E-state index >= 15 is 0 Å². The molecule has 0 atom stereocenters. The highest BCUT2D eigenvalue weighted by Gasteiger charge is 2.29. The molecule has 198 valence electrons. The number of fused-ring (bicyclic) bond motifs is 2. The van der Waals surface area contributed by atoms with Crippen molar-refractivity contribution in [3.63, 3.8) is 0 Å². The van der Waals surface area contributed by atoms with Crippen molar-refractivity contribution in [1.82, 2.24) is 14.8 Å². The summed E-state index contributed by atoms with van der Waals surface area (Å²) in [5, 5.41) is 0.706. The van der Waals surface area contributed by atoms with Crippen LogP contribution in [-0.4, -0.2) is 65.4 Å². The maximum Gasteiger partial charge on any atom is 0.339 e. The zero-order valence-corrected chi connectivity index (χ0v) is 21.3. The summed E-state index contributed by atoms with van der Waals surface area (Å²) in [6.07, 6.45) is 7.42. The molecule has 1 aliphatic heterocycles. The monoisotopic (exact) mass is 525 g/mol. The Labute approximate surface area is 224 Å². The summed E-state index contributed by atoms with van der Waals surface area (Å²) in [6, 6.07) is 14.5. The van der Waals surface area contributed by atoms with Gasteiger partial charge in [-0.1, -0.05) is 18.2 Å². The van der Waals surface area contributed by atoms with Crippen molar-refractivity contribution in [2.75, 3.05) is 32.8 Å². The molecule has 0 saturated carbocycles. The van der Waals surface area contributed by atoms with Crippen molar-refractivity contribution in [2.24, 2.45) is 0 Å². The largest absolute Gasteiger partial charge is 0.465 e. The number of benzene rings is 1. The second-order valence-corrected chi connectivity index (χ2v) is 9.60. The lowest BCUT2D eigenvalue weighted by atomic mass is 9.86. The van der Waals surface area contributed by atoms with Crippen LogP contribution in [0.1, 0.15) is 50.8 Å². The third-order valence-corrected chi connectivity index (χ3v) is 7.21. The van der Waals surface area contributed by atoms with E-state index in [1.165, 1.54) is 6.26 Å². The highest BCUT2D eigenvalue weighted by Crippen LogP contribution is 2.36. The number of rotatable bonds is 5. The summed E-state index contributed by atoms with van der Waals surface area (Å²) in [5.74, 6) is -0.0243. The minimum absolute atomic E-state index is 0.201. The van der Waals surface area contributed by atoms with Gasteiger partial charge in [-0.25, -0.2) is 9.78 Å². The first-order valence-corrected chi connectivity index (χ1v) is 13.0. The van der Waals surface area contributed by atoms with Crippen molar-refractivity contribution < 1.29 is 28.0 Å². The van der Waals surface area contributed by atoms with E-state index in [1.807, 2.05) is 42.5 Å². The smallest absolute Gasteiger partial charge is 0.339 e. The van der Waals surface area contributed by atoms with Crippen LogP contribution in [0.4, 0.5) is 0 Å². The number of furan rings is 2. The van der Waals surface area contributed by atoms with Crippen LogP contribution in [0.2, 0.25) is 0 Å². The van der Waals surface area contributed by atoms with Gasteiger partial charge in [0, 0.05) is 31.6 Å². The van der Waals surface area contributed by atoms with Crippen molar-refractivity contribution >= 4 is 40.3 Å². The second-order valence-electron chi connectivity index (χ2n) is 9.60. The van der Waals surface area contributed by atoms with Gasteiger partial charge in [0.25, 0.3) is 11.8 Å². The summed E-state index contributed by atoms with van der Waals surface area (Å²) in [6.45, 7) is 1.11. The van der Waals surface area contributed by atoms with Crippen LogP contribution in [0.15, 0.2) is 69.9 Å². The number of pyridine rings is 1. The number of hydrogen-bond acceptors (Lipinski definition) is 7. The number of para-hydroxylation sites is 1. The first kappa shape index (κ1) is 24.7. The van der Waals surface area contributed by atoms with E-state index in [4.69, 9.17) is 18.6 Å². The Morgan fingerprint density at radius 1 is 0.897 bits per heavy atom. The van der Waals surface area contributed by atoms with Crippen LogP contribution in [0.25, 0.3) is 22.6 Å². The molecule has 2 amide bonds. The van der Waals surface area contributed by atoms with Gasteiger partial charge in [-0.05, 0) is 66.8 Å². The van der Waals surface area contributed by atoms with Gasteiger partial charge < -0.3 is 23.4 Å². The molecule has 3 aromatic heterocycles. The van der Waals surface area contributed by atoms with Gasteiger partial charge in [-0.3, -0.25) is 9.59 Å². The van der Waals surface area contributed by atoms with Crippen LogP contribution in [0.3, 0.4) is 0 Å². The molecular weight excluding hydrogens is 498 g/mol. The highest BCUT2D eigenvalue weighted by molar-refractivity contribution is 6.07. The summed E-state index contributed by atoms with van der Waals surface area (Å²) < 4.78 is 16.3. The maximum atomic E-state index is 13.5. The lowest BCUT2D eigenvalue weighted by Crippen LogP contribution is -2.51. The van der Waals surface area contributed by atoms with Crippen LogP contribution < -0.4 is 0 Å². The Kier molecular flexibility index (Phi) is 6.71.